The zero-order valence-corrected chi connectivity index (χ0v) is 13.9. The van der Waals surface area contributed by atoms with Gasteiger partial charge in [-0.25, -0.2) is 9.97 Å². The molecule has 3 rings (SSSR count). The number of aromatic nitrogens is 4. The van der Waals surface area contributed by atoms with Gasteiger partial charge in [-0.05, 0) is 24.6 Å². The summed E-state index contributed by atoms with van der Waals surface area (Å²) in [5.41, 5.74) is 3.08. The molecule has 0 bridgehead atoms. The lowest BCUT2D eigenvalue weighted by molar-refractivity contribution is -0.137. The van der Waals surface area contributed by atoms with Crippen LogP contribution in [0.1, 0.15) is 28.8 Å². The molecule has 1 N–H and O–H groups in total. The molecule has 0 fully saturated rings. The molecule has 0 radical (unpaired) electrons. The summed E-state index contributed by atoms with van der Waals surface area (Å²) < 4.78 is 1.32. The van der Waals surface area contributed by atoms with E-state index in [0.29, 0.717) is 22.3 Å². The van der Waals surface area contributed by atoms with Crippen molar-refractivity contribution in [2.24, 2.45) is 0 Å². The Labute approximate surface area is 143 Å². The van der Waals surface area contributed by atoms with E-state index in [2.05, 4.69) is 21.6 Å². The highest BCUT2D eigenvalue weighted by molar-refractivity contribution is 6.08. The summed E-state index contributed by atoms with van der Waals surface area (Å²) in [7, 11) is 0. The van der Waals surface area contributed by atoms with Crippen LogP contribution in [0.3, 0.4) is 0 Å². The number of benzene rings is 1. The van der Waals surface area contributed by atoms with Crippen molar-refractivity contribution in [1.82, 2.24) is 19.7 Å². The summed E-state index contributed by atoms with van der Waals surface area (Å²) >= 11 is 0. The van der Waals surface area contributed by atoms with E-state index in [4.69, 9.17) is 5.11 Å². The Morgan fingerprint density at radius 1 is 1.24 bits per heavy atom. The molecule has 0 aliphatic carbocycles. The number of hydrogen-bond acceptors (Lipinski definition) is 5. The minimum absolute atomic E-state index is 0.231. The van der Waals surface area contributed by atoms with E-state index in [9.17, 15) is 9.59 Å². The van der Waals surface area contributed by atoms with Crippen molar-refractivity contribution in [3.05, 3.63) is 48.2 Å². The lowest BCUT2D eigenvalue weighted by Gasteiger charge is -2.07. The monoisotopic (exact) mass is 336 g/mol. The van der Waals surface area contributed by atoms with E-state index in [0.717, 1.165) is 11.1 Å². The van der Waals surface area contributed by atoms with E-state index in [1.165, 1.54) is 11.6 Å². The highest BCUT2D eigenvalue weighted by Crippen LogP contribution is 2.30. The third-order valence-corrected chi connectivity index (χ3v) is 3.83. The number of ketones is 1. The number of aryl methyl sites for hydroxylation is 1. The Balaban J connectivity index is 2.32. The van der Waals surface area contributed by atoms with Crippen molar-refractivity contribution >= 4 is 28.7 Å². The molecule has 0 saturated heterocycles. The zero-order valence-electron chi connectivity index (χ0n) is 13.9. The maximum Gasteiger partial charge on any atom is 0.325 e. The van der Waals surface area contributed by atoms with Crippen molar-refractivity contribution in [2.45, 2.75) is 20.4 Å². The highest BCUT2D eigenvalue weighted by Gasteiger charge is 2.19. The van der Waals surface area contributed by atoms with Gasteiger partial charge in [0.1, 0.15) is 18.1 Å². The van der Waals surface area contributed by atoms with Crippen molar-refractivity contribution in [2.75, 3.05) is 0 Å². The number of Topliss-reactive ketones (excluding diaryl/α,β-unsaturated/α-hetero) is 1. The summed E-state index contributed by atoms with van der Waals surface area (Å²) in [5.74, 6) is -0.612. The molecule has 0 spiro atoms. The van der Waals surface area contributed by atoms with Crippen LogP contribution in [-0.4, -0.2) is 36.6 Å². The Morgan fingerprint density at radius 3 is 2.48 bits per heavy atom. The SMILES string of the molecule is C=Cc1cc(-c2cnc(C)nc2)cc2c(C(C)=O)nn(CC(=O)O)c12. The van der Waals surface area contributed by atoms with Crippen LogP contribution in [0.25, 0.3) is 28.1 Å². The smallest absolute Gasteiger partial charge is 0.325 e. The number of carboxylic acid groups (broad SMARTS) is 1. The average molecular weight is 336 g/mol. The first-order chi connectivity index (χ1) is 11.9. The fourth-order valence-electron chi connectivity index (χ4n) is 2.72. The summed E-state index contributed by atoms with van der Waals surface area (Å²) in [4.78, 5) is 31.5. The zero-order chi connectivity index (χ0) is 18.1. The highest BCUT2D eigenvalue weighted by atomic mass is 16.4. The van der Waals surface area contributed by atoms with Crippen LogP contribution >= 0.6 is 0 Å². The molecule has 0 saturated carbocycles. The van der Waals surface area contributed by atoms with E-state index in [-0.39, 0.29) is 18.0 Å². The number of fused-ring (bicyclic) bond motifs is 1. The second kappa shape index (κ2) is 6.27. The van der Waals surface area contributed by atoms with Gasteiger partial charge in [0.15, 0.2) is 5.78 Å². The number of nitrogens with zero attached hydrogens (tertiary/aromatic N) is 4. The van der Waals surface area contributed by atoms with Crippen LogP contribution in [0.15, 0.2) is 31.1 Å². The molecule has 0 unspecified atom stereocenters. The van der Waals surface area contributed by atoms with Gasteiger partial charge < -0.3 is 5.11 Å². The number of carboxylic acids is 1. The minimum Gasteiger partial charge on any atom is -0.480 e. The van der Waals surface area contributed by atoms with Crippen LogP contribution in [0.4, 0.5) is 0 Å². The van der Waals surface area contributed by atoms with Gasteiger partial charge in [-0.3, -0.25) is 14.3 Å². The number of carbonyl (C=O) groups excluding carboxylic acids is 1. The average Bonchev–Trinajstić information content (AvgIpc) is 2.93. The number of carbonyl (C=O) groups is 2. The van der Waals surface area contributed by atoms with Gasteiger partial charge in [-0.2, -0.15) is 5.10 Å². The summed E-state index contributed by atoms with van der Waals surface area (Å²) in [6.45, 7) is 6.67. The molecule has 2 heterocycles. The van der Waals surface area contributed by atoms with Crippen molar-refractivity contribution in [1.29, 1.82) is 0 Å². The molecular formula is C18H16N4O3. The molecule has 0 aliphatic heterocycles. The van der Waals surface area contributed by atoms with Crippen LogP contribution in [0, 0.1) is 6.92 Å². The summed E-state index contributed by atoms with van der Waals surface area (Å²) in [5, 5.41) is 13.9. The van der Waals surface area contributed by atoms with Gasteiger partial charge in [0.05, 0.1) is 5.52 Å². The van der Waals surface area contributed by atoms with E-state index >= 15 is 0 Å². The van der Waals surface area contributed by atoms with Gasteiger partial charge in [-0.1, -0.05) is 12.7 Å². The first-order valence-electron chi connectivity index (χ1n) is 7.59. The van der Waals surface area contributed by atoms with Crippen LogP contribution in [0.2, 0.25) is 0 Å². The Morgan fingerprint density at radius 2 is 1.92 bits per heavy atom. The standard InChI is InChI=1S/C18H16N4O3/c1-4-12-5-13(14-7-19-11(3)20-8-14)6-15-17(10(2)23)21-22(18(12)15)9-16(24)25/h4-8H,1,9H2,2-3H3,(H,24,25). The van der Waals surface area contributed by atoms with Crippen molar-refractivity contribution in [3.8, 4) is 11.1 Å². The van der Waals surface area contributed by atoms with Gasteiger partial charge in [0.25, 0.3) is 0 Å². The fraction of sp³-hybridized carbons (Fsp3) is 0.167. The fourth-order valence-corrected chi connectivity index (χ4v) is 2.72. The summed E-state index contributed by atoms with van der Waals surface area (Å²) in [6, 6.07) is 3.66. The maximum absolute atomic E-state index is 12.0. The lowest BCUT2D eigenvalue weighted by Crippen LogP contribution is -2.11. The van der Waals surface area contributed by atoms with E-state index in [1.807, 2.05) is 6.07 Å². The Bertz CT molecular complexity index is 1000. The molecule has 1 aromatic carbocycles. The Kier molecular flexibility index (Phi) is 4.14. The predicted molar refractivity (Wildman–Crippen MR) is 93.2 cm³/mol. The van der Waals surface area contributed by atoms with E-state index < -0.39 is 5.97 Å². The first-order valence-corrected chi connectivity index (χ1v) is 7.59. The third-order valence-electron chi connectivity index (χ3n) is 3.83. The largest absolute Gasteiger partial charge is 0.480 e. The second-order valence-corrected chi connectivity index (χ2v) is 5.64. The van der Waals surface area contributed by atoms with Gasteiger partial charge >= 0.3 is 5.97 Å². The van der Waals surface area contributed by atoms with Crippen molar-refractivity contribution in [3.63, 3.8) is 0 Å². The molecule has 126 valence electrons. The lowest BCUT2D eigenvalue weighted by atomic mass is 10.0. The predicted octanol–water partition coefficient (Wildman–Crippen LogP) is 2.73. The maximum atomic E-state index is 12.0. The van der Waals surface area contributed by atoms with Crippen molar-refractivity contribution < 1.29 is 14.7 Å². The molecule has 0 aliphatic rings. The second-order valence-electron chi connectivity index (χ2n) is 5.64. The molecule has 7 nitrogen and oxygen atoms in total. The molecule has 25 heavy (non-hydrogen) atoms. The molecule has 2 aromatic heterocycles. The van der Waals surface area contributed by atoms with Gasteiger partial charge in [0.2, 0.25) is 0 Å². The first kappa shape index (κ1) is 16.5. The normalized spacial score (nSPS) is 10.8. The van der Waals surface area contributed by atoms with Crippen LogP contribution in [0.5, 0.6) is 0 Å². The summed E-state index contributed by atoms with van der Waals surface area (Å²) in [6.07, 6.45) is 5.02. The van der Waals surface area contributed by atoms with Crippen LogP contribution < -0.4 is 0 Å². The molecule has 0 amide bonds. The minimum atomic E-state index is -1.04. The third kappa shape index (κ3) is 3.03. The molecular weight excluding hydrogens is 320 g/mol. The topological polar surface area (TPSA) is 98.0 Å². The van der Waals surface area contributed by atoms with Gasteiger partial charge in [-0.15, -0.1) is 0 Å². The molecule has 7 heteroatoms. The van der Waals surface area contributed by atoms with Crippen LogP contribution in [-0.2, 0) is 11.3 Å². The Hall–Kier alpha value is -3.35. The molecule has 3 aromatic rings. The van der Waals surface area contributed by atoms with Gasteiger partial charge in [0, 0.05) is 35.8 Å². The number of hydrogen-bond donors (Lipinski definition) is 1. The number of aliphatic carboxylic acids is 1. The van der Waals surface area contributed by atoms with E-state index in [1.54, 1.807) is 31.5 Å². The molecule has 0 atom stereocenters. The number of rotatable bonds is 5. The quantitative estimate of drug-likeness (QED) is 0.719.